The second kappa shape index (κ2) is 10.2. The number of nitrogens with one attached hydrogen (secondary N) is 2. The van der Waals surface area contributed by atoms with Gasteiger partial charge in [-0.25, -0.2) is 4.79 Å². The summed E-state index contributed by atoms with van der Waals surface area (Å²) in [7, 11) is 0. The van der Waals surface area contributed by atoms with Crippen molar-refractivity contribution in [1.29, 1.82) is 0 Å². The van der Waals surface area contributed by atoms with Crippen LogP contribution in [0.3, 0.4) is 0 Å². The average Bonchev–Trinajstić information content (AvgIpc) is 3.16. The molecule has 0 radical (unpaired) electrons. The van der Waals surface area contributed by atoms with Gasteiger partial charge in [0.25, 0.3) is 0 Å². The highest BCUT2D eigenvalue weighted by Crippen LogP contribution is 2.44. The van der Waals surface area contributed by atoms with Crippen molar-refractivity contribution in [2.45, 2.75) is 31.7 Å². The molecule has 3 aromatic rings. The predicted octanol–water partition coefficient (Wildman–Crippen LogP) is 4.57. The summed E-state index contributed by atoms with van der Waals surface area (Å²) in [6.07, 6.45) is 0.108. The molecule has 3 aromatic carbocycles. The van der Waals surface area contributed by atoms with Crippen LogP contribution in [0.2, 0.25) is 0 Å². The fourth-order valence-electron chi connectivity index (χ4n) is 4.14. The molecule has 34 heavy (non-hydrogen) atoms. The predicted molar refractivity (Wildman–Crippen MR) is 129 cm³/mol. The normalized spacial score (nSPS) is 12.9. The number of benzene rings is 3. The lowest BCUT2D eigenvalue weighted by atomic mass is 9.98. The molecule has 7 heteroatoms. The van der Waals surface area contributed by atoms with E-state index in [9.17, 15) is 14.4 Å². The zero-order chi connectivity index (χ0) is 24.1. The Balaban J connectivity index is 1.29. The number of hydrogen-bond acceptors (Lipinski definition) is 4. The van der Waals surface area contributed by atoms with Crippen molar-refractivity contribution in [3.05, 3.63) is 89.5 Å². The second-order valence-corrected chi connectivity index (χ2v) is 8.27. The van der Waals surface area contributed by atoms with E-state index in [1.807, 2.05) is 36.4 Å². The first-order valence-corrected chi connectivity index (χ1v) is 11.2. The van der Waals surface area contributed by atoms with Crippen LogP contribution >= 0.6 is 0 Å². The highest BCUT2D eigenvalue weighted by atomic mass is 16.5. The summed E-state index contributed by atoms with van der Waals surface area (Å²) in [5, 5.41) is 14.0. The van der Waals surface area contributed by atoms with Crippen molar-refractivity contribution in [3.8, 4) is 11.1 Å². The van der Waals surface area contributed by atoms with Crippen molar-refractivity contribution < 1.29 is 24.2 Å². The van der Waals surface area contributed by atoms with Gasteiger partial charge in [0, 0.05) is 18.0 Å². The molecule has 1 atom stereocenters. The molecule has 0 heterocycles. The highest BCUT2D eigenvalue weighted by molar-refractivity contribution is 5.85. The lowest BCUT2D eigenvalue weighted by Gasteiger charge is -2.14. The van der Waals surface area contributed by atoms with E-state index in [0.717, 1.165) is 16.7 Å². The van der Waals surface area contributed by atoms with Crippen LogP contribution in [0.4, 0.5) is 10.5 Å². The van der Waals surface area contributed by atoms with Crippen molar-refractivity contribution in [2.75, 3.05) is 11.9 Å². The van der Waals surface area contributed by atoms with E-state index < -0.39 is 18.1 Å². The first kappa shape index (κ1) is 23.0. The van der Waals surface area contributed by atoms with Crippen LogP contribution < -0.4 is 10.6 Å². The van der Waals surface area contributed by atoms with E-state index in [1.165, 1.54) is 18.1 Å². The van der Waals surface area contributed by atoms with Gasteiger partial charge in [0.1, 0.15) is 12.6 Å². The van der Waals surface area contributed by atoms with Crippen LogP contribution in [0.15, 0.2) is 72.8 Å². The van der Waals surface area contributed by atoms with Crippen molar-refractivity contribution >= 4 is 23.7 Å². The number of carbonyl (C=O) groups is 3. The quantitative estimate of drug-likeness (QED) is 0.459. The third-order valence-corrected chi connectivity index (χ3v) is 5.93. The molecule has 0 fully saturated rings. The number of fused-ring (bicyclic) bond motifs is 3. The van der Waals surface area contributed by atoms with Gasteiger partial charge >= 0.3 is 12.1 Å². The lowest BCUT2D eigenvalue weighted by Crippen LogP contribution is -2.38. The van der Waals surface area contributed by atoms with Crippen LogP contribution in [0.1, 0.15) is 36.0 Å². The van der Waals surface area contributed by atoms with Crippen molar-refractivity contribution in [3.63, 3.8) is 0 Å². The van der Waals surface area contributed by atoms with Gasteiger partial charge in [0.15, 0.2) is 0 Å². The Morgan fingerprint density at radius 2 is 1.50 bits per heavy atom. The minimum absolute atomic E-state index is 0.00415. The average molecular weight is 459 g/mol. The van der Waals surface area contributed by atoms with E-state index in [0.29, 0.717) is 12.1 Å². The number of aliphatic carboxylic acids is 1. The first-order chi connectivity index (χ1) is 16.4. The monoisotopic (exact) mass is 458 g/mol. The van der Waals surface area contributed by atoms with Gasteiger partial charge in [-0.05, 0) is 53.3 Å². The Morgan fingerprint density at radius 3 is 2.09 bits per heavy atom. The SMILES string of the molecule is C[C@@H](NC(=O)CCc1ccc(NC(=O)OCC2c3ccccc3-c3ccccc32)cc1)C(=O)O. The number of carboxylic acid groups (broad SMARTS) is 1. The fourth-order valence-corrected chi connectivity index (χ4v) is 4.14. The summed E-state index contributed by atoms with van der Waals surface area (Å²) in [4.78, 5) is 35.1. The Labute approximate surface area is 197 Å². The van der Waals surface area contributed by atoms with Gasteiger partial charge in [-0.15, -0.1) is 0 Å². The number of anilines is 1. The minimum atomic E-state index is -1.07. The summed E-state index contributed by atoms with van der Waals surface area (Å²) >= 11 is 0. The molecule has 174 valence electrons. The molecule has 0 saturated carbocycles. The largest absolute Gasteiger partial charge is 0.480 e. The Morgan fingerprint density at radius 1 is 0.912 bits per heavy atom. The molecule has 0 aliphatic heterocycles. The maximum Gasteiger partial charge on any atom is 0.411 e. The molecule has 2 amide bonds. The highest BCUT2D eigenvalue weighted by Gasteiger charge is 2.29. The van der Waals surface area contributed by atoms with E-state index in [2.05, 4.69) is 34.9 Å². The summed E-state index contributed by atoms with van der Waals surface area (Å²) < 4.78 is 5.56. The van der Waals surface area contributed by atoms with Crippen LogP contribution in [0, 0.1) is 0 Å². The van der Waals surface area contributed by atoms with Gasteiger partial charge in [0.05, 0.1) is 0 Å². The van der Waals surface area contributed by atoms with E-state index in [4.69, 9.17) is 9.84 Å². The first-order valence-electron chi connectivity index (χ1n) is 11.2. The Kier molecular flexibility index (Phi) is 6.92. The van der Waals surface area contributed by atoms with Gasteiger partial charge in [-0.3, -0.25) is 14.9 Å². The number of carbonyl (C=O) groups excluding carboxylic acids is 2. The molecule has 0 unspecified atom stereocenters. The zero-order valence-corrected chi connectivity index (χ0v) is 18.8. The molecule has 0 aromatic heterocycles. The van der Waals surface area contributed by atoms with Crippen molar-refractivity contribution in [2.24, 2.45) is 0 Å². The van der Waals surface area contributed by atoms with Crippen LogP contribution in [-0.2, 0) is 20.7 Å². The molecule has 0 saturated heterocycles. The maximum atomic E-state index is 12.4. The second-order valence-electron chi connectivity index (χ2n) is 8.27. The molecule has 4 rings (SSSR count). The third-order valence-electron chi connectivity index (χ3n) is 5.93. The number of aryl methyl sites for hydroxylation is 1. The zero-order valence-electron chi connectivity index (χ0n) is 18.8. The van der Waals surface area contributed by atoms with E-state index in [1.54, 1.807) is 12.1 Å². The van der Waals surface area contributed by atoms with Crippen molar-refractivity contribution in [1.82, 2.24) is 5.32 Å². The molecule has 0 spiro atoms. The number of rotatable bonds is 8. The molecule has 1 aliphatic rings. The summed E-state index contributed by atoms with van der Waals surface area (Å²) in [6, 6.07) is 22.5. The van der Waals surface area contributed by atoms with Crippen LogP contribution in [-0.4, -0.2) is 35.7 Å². The maximum absolute atomic E-state index is 12.4. The fraction of sp³-hybridized carbons (Fsp3) is 0.222. The molecular formula is C27H26N2O5. The van der Waals surface area contributed by atoms with Gasteiger partial charge in [0.2, 0.25) is 5.91 Å². The lowest BCUT2D eigenvalue weighted by molar-refractivity contribution is -0.141. The molecule has 3 N–H and O–H groups in total. The number of ether oxygens (including phenoxy) is 1. The van der Waals surface area contributed by atoms with E-state index >= 15 is 0 Å². The summed E-state index contributed by atoms with van der Waals surface area (Å²) in [6.45, 7) is 1.66. The van der Waals surface area contributed by atoms with Gasteiger partial charge < -0.3 is 15.2 Å². The third kappa shape index (κ3) is 5.26. The number of hydrogen-bond donors (Lipinski definition) is 3. The number of amides is 2. The van der Waals surface area contributed by atoms with Crippen LogP contribution in [0.25, 0.3) is 11.1 Å². The van der Waals surface area contributed by atoms with Gasteiger partial charge in [-0.2, -0.15) is 0 Å². The standard InChI is InChI=1S/C27H26N2O5/c1-17(26(31)32)28-25(30)15-12-18-10-13-19(14-11-18)29-27(33)34-16-24-22-8-4-2-6-20(22)21-7-3-5-9-23(21)24/h2-11,13-14,17,24H,12,15-16H2,1H3,(H,28,30)(H,29,33)(H,31,32)/t17-/m1/s1. The molecule has 1 aliphatic carbocycles. The Hall–Kier alpha value is -4.13. The Bertz CT molecular complexity index is 1160. The van der Waals surface area contributed by atoms with E-state index in [-0.39, 0.29) is 24.9 Å². The smallest absolute Gasteiger partial charge is 0.411 e. The summed E-state index contributed by atoms with van der Waals surface area (Å²) in [5.41, 5.74) is 6.15. The molecule has 0 bridgehead atoms. The molecule has 7 nitrogen and oxygen atoms in total. The minimum Gasteiger partial charge on any atom is -0.480 e. The van der Waals surface area contributed by atoms with Crippen LogP contribution in [0.5, 0.6) is 0 Å². The van der Waals surface area contributed by atoms with Gasteiger partial charge in [-0.1, -0.05) is 60.7 Å². The summed E-state index contributed by atoms with van der Waals surface area (Å²) in [5.74, 6) is -1.40. The molecular weight excluding hydrogens is 432 g/mol. The number of carboxylic acids is 1. The topological polar surface area (TPSA) is 105 Å².